The number of halogens is 3. The van der Waals surface area contributed by atoms with Crippen LogP contribution >= 0.6 is 0 Å². The van der Waals surface area contributed by atoms with Crippen molar-refractivity contribution in [3.8, 4) is 11.5 Å². The number of nitrogens with one attached hydrogen (secondary N) is 1. The molecule has 0 bridgehead atoms. The number of amides is 1. The number of rotatable bonds is 6. The highest BCUT2D eigenvalue weighted by Crippen LogP contribution is 2.33. The molecule has 0 aliphatic carbocycles. The Labute approximate surface area is 190 Å². The fraction of sp³-hybridized carbons (Fsp3) is 0.409. The molecule has 180 valence electrons. The lowest BCUT2D eigenvalue weighted by Crippen LogP contribution is -2.42. The van der Waals surface area contributed by atoms with E-state index in [4.69, 9.17) is 4.74 Å². The monoisotopic (exact) mass is 486 g/mol. The van der Waals surface area contributed by atoms with Crippen LogP contribution < -0.4 is 14.8 Å². The van der Waals surface area contributed by atoms with Crippen molar-refractivity contribution in [2.75, 3.05) is 25.5 Å². The van der Waals surface area contributed by atoms with E-state index in [2.05, 4.69) is 10.1 Å². The summed E-state index contributed by atoms with van der Waals surface area (Å²) in [5, 5.41) is 2.35. The second-order valence-electron chi connectivity index (χ2n) is 8.13. The molecule has 1 heterocycles. The van der Waals surface area contributed by atoms with Crippen LogP contribution in [0.4, 0.5) is 18.9 Å². The number of benzene rings is 2. The van der Waals surface area contributed by atoms with E-state index < -0.39 is 28.0 Å². The summed E-state index contributed by atoms with van der Waals surface area (Å²) in [7, 11) is -2.66. The molecule has 1 aliphatic heterocycles. The topological polar surface area (TPSA) is 84.9 Å². The lowest BCUT2D eigenvalue weighted by Gasteiger charge is -2.34. The van der Waals surface area contributed by atoms with Crippen molar-refractivity contribution in [3.63, 3.8) is 0 Å². The van der Waals surface area contributed by atoms with Gasteiger partial charge in [0.25, 0.3) is 5.91 Å². The maximum absolute atomic E-state index is 13.4. The minimum atomic E-state index is -4.94. The smallest absolute Gasteiger partial charge is 0.495 e. The van der Waals surface area contributed by atoms with Gasteiger partial charge in [0.1, 0.15) is 10.6 Å². The van der Waals surface area contributed by atoms with Crippen LogP contribution in [0.2, 0.25) is 0 Å². The fourth-order valence-electron chi connectivity index (χ4n) is 3.94. The summed E-state index contributed by atoms with van der Waals surface area (Å²) in [6.45, 7) is 4.63. The first-order chi connectivity index (χ1) is 15.4. The lowest BCUT2D eigenvalue weighted by atomic mass is 9.94. The molecule has 2 aromatic carbocycles. The Hall–Kier alpha value is -2.79. The van der Waals surface area contributed by atoms with E-state index in [1.54, 1.807) is 0 Å². The second kappa shape index (κ2) is 9.60. The minimum absolute atomic E-state index is 0.0608. The first kappa shape index (κ1) is 24.8. The number of para-hydroxylation sites is 2. The van der Waals surface area contributed by atoms with Crippen molar-refractivity contribution < 1.29 is 35.9 Å². The summed E-state index contributed by atoms with van der Waals surface area (Å²) >= 11 is 0. The predicted octanol–water partition coefficient (Wildman–Crippen LogP) is 4.51. The Morgan fingerprint density at radius 2 is 1.70 bits per heavy atom. The average Bonchev–Trinajstić information content (AvgIpc) is 2.73. The van der Waals surface area contributed by atoms with Crippen LogP contribution in [0.3, 0.4) is 0 Å². The molecule has 2 unspecified atom stereocenters. The van der Waals surface area contributed by atoms with Gasteiger partial charge in [-0.2, -0.15) is 4.31 Å². The summed E-state index contributed by atoms with van der Waals surface area (Å²) < 4.78 is 75.3. The van der Waals surface area contributed by atoms with Crippen LogP contribution in [-0.4, -0.2) is 45.2 Å². The van der Waals surface area contributed by atoms with Gasteiger partial charge in [0.05, 0.1) is 12.8 Å². The van der Waals surface area contributed by atoms with E-state index in [1.165, 1.54) is 47.8 Å². The van der Waals surface area contributed by atoms with E-state index in [0.29, 0.717) is 13.1 Å². The maximum Gasteiger partial charge on any atom is 0.573 e. The third kappa shape index (κ3) is 5.97. The van der Waals surface area contributed by atoms with Gasteiger partial charge in [-0.25, -0.2) is 8.42 Å². The summed E-state index contributed by atoms with van der Waals surface area (Å²) in [6.07, 6.45) is -4.03. The Morgan fingerprint density at radius 1 is 1.06 bits per heavy atom. The standard InChI is InChI=1S/C22H25F3N2O5S/c1-14-10-15(2)13-27(12-14)33(29,30)20-11-16(8-9-19(20)31-3)21(28)26-17-6-4-5-7-18(17)32-22(23,24)25/h4-9,11,14-15H,10,12-13H2,1-3H3,(H,26,28). The molecule has 7 nitrogen and oxygen atoms in total. The number of carbonyl (C=O) groups excluding carboxylic acids is 1. The molecule has 1 saturated heterocycles. The number of piperidine rings is 1. The highest BCUT2D eigenvalue weighted by Gasteiger charge is 2.34. The number of sulfonamides is 1. The van der Waals surface area contributed by atoms with Crippen LogP contribution in [0.1, 0.15) is 30.6 Å². The number of nitrogens with zero attached hydrogens (tertiary/aromatic N) is 1. The van der Waals surface area contributed by atoms with E-state index in [-0.39, 0.29) is 33.7 Å². The van der Waals surface area contributed by atoms with E-state index in [0.717, 1.165) is 12.5 Å². The Balaban J connectivity index is 1.92. The molecular weight excluding hydrogens is 461 g/mol. The summed E-state index contributed by atoms with van der Waals surface area (Å²) in [5.41, 5.74) is -0.270. The number of methoxy groups -OCH3 is 1. The summed E-state index contributed by atoms with van der Waals surface area (Å²) in [6, 6.07) is 8.92. The van der Waals surface area contributed by atoms with Crippen molar-refractivity contribution in [2.24, 2.45) is 11.8 Å². The van der Waals surface area contributed by atoms with Gasteiger partial charge in [-0.1, -0.05) is 26.0 Å². The van der Waals surface area contributed by atoms with Gasteiger partial charge in [-0.05, 0) is 48.6 Å². The Kier molecular flexibility index (Phi) is 7.23. The average molecular weight is 487 g/mol. The number of hydrogen-bond donors (Lipinski definition) is 1. The van der Waals surface area contributed by atoms with Gasteiger partial charge in [-0.3, -0.25) is 4.79 Å². The lowest BCUT2D eigenvalue weighted by molar-refractivity contribution is -0.274. The normalized spacial score (nSPS) is 19.7. The van der Waals surface area contributed by atoms with Crippen LogP contribution in [-0.2, 0) is 10.0 Å². The summed E-state index contributed by atoms with van der Waals surface area (Å²) in [5.74, 6) is -0.973. The largest absolute Gasteiger partial charge is 0.573 e. The van der Waals surface area contributed by atoms with Gasteiger partial charge >= 0.3 is 6.36 Å². The zero-order valence-electron chi connectivity index (χ0n) is 18.3. The molecule has 1 aliphatic rings. The first-order valence-corrected chi connectivity index (χ1v) is 11.7. The zero-order valence-corrected chi connectivity index (χ0v) is 19.2. The van der Waals surface area contributed by atoms with Gasteiger partial charge in [0, 0.05) is 18.7 Å². The van der Waals surface area contributed by atoms with E-state index in [9.17, 15) is 26.4 Å². The predicted molar refractivity (Wildman–Crippen MR) is 116 cm³/mol. The van der Waals surface area contributed by atoms with E-state index >= 15 is 0 Å². The van der Waals surface area contributed by atoms with Gasteiger partial charge in [-0.15, -0.1) is 13.2 Å². The van der Waals surface area contributed by atoms with Gasteiger partial charge < -0.3 is 14.8 Å². The molecule has 0 spiro atoms. The third-order valence-electron chi connectivity index (χ3n) is 5.24. The van der Waals surface area contributed by atoms with Crippen LogP contribution in [0, 0.1) is 11.8 Å². The highest BCUT2D eigenvalue weighted by molar-refractivity contribution is 7.89. The van der Waals surface area contributed by atoms with E-state index in [1.807, 2.05) is 13.8 Å². The van der Waals surface area contributed by atoms with Crippen LogP contribution in [0.25, 0.3) is 0 Å². The SMILES string of the molecule is COc1ccc(C(=O)Nc2ccccc2OC(F)(F)F)cc1S(=O)(=O)N1CC(C)CC(C)C1. The van der Waals surface area contributed by atoms with Crippen LogP contribution in [0.15, 0.2) is 47.4 Å². The van der Waals surface area contributed by atoms with Crippen LogP contribution in [0.5, 0.6) is 11.5 Å². The molecule has 1 fully saturated rings. The van der Waals surface area contributed by atoms with Crippen molar-refractivity contribution in [3.05, 3.63) is 48.0 Å². The molecule has 1 N–H and O–H groups in total. The number of carbonyl (C=O) groups is 1. The molecule has 2 aromatic rings. The molecule has 0 radical (unpaired) electrons. The molecule has 1 amide bonds. The molecule has 0 aromatic heterocycles. The van der Waals surface area contributed by atoms with Gasteiger partial charge in [0.2, 0.25) is 10.0 Å². The number of alkyl halides is 3. The third-order valence-corrected chi connectivity index (χ3v) is 7.09. The second-order valence-corrected chi connectivity index (χ2v) is 10.0. The Bertz CT molecular complexity index is 1110. The number of hydrogen-bond acceptors (Lipinski definition) is 5. The highest BCUT2D eigenvalue weighted by atomic mass is 32.2. The van der Waals surface area contributed by atoms with Crippen molar-refractivity contribution in [2.45, 2.75) is 31.5 Å². The molecular formula is C22H25F3N2O5S. The van der Waals surface area contributed by atoms with Crippen molar-refractivity contribution in [1.82, 2.24) is 4.31 Å². The summed E-state index contributed by atoms with van der Waals surface area (Å²) in [4.78, 5) is 12.6. The van der Waals surface area contributed by atoms with Crippen molar-refractivity contribution in [1.29, 1.82) is 0 Å². The minimum Gasteiger partial charge on any atom is -0.495 e. The number of anilines is 1. The molecule has 3 rings (SSSR count). The first-order valence-electron chi connectivity index (χ1n) is 10.2. The maximum atomic E-state index is 13.4. The number of ether oxygens (including phenoxy) is 2. The molecule has 0 saturated carbocycles. The molecule has 11 heteroatoms. The zero-order chi connectivity index (χ0) is 24.4. The van der Waals surface area contributed by atoms with Crippen molar-refractivity contribution >= 4 is 21.6 Å². The Morgan fingerprint density at radius 3 is 2.30 bits per heavy atom. The fourth-order valence-corrected chi connectivity index (χ4v) is 5.80. The van der Waals surface area contributed by atoms with Gasteiger partial charge in [0.15, 0.2) is 5.75 Å². The quantitative estimate of drug-likeness (QED) is 0.649. The molecule has 33 heavy (non-hydrogen) atoms. The molecule has 2 atom stereocenters.